The summed E-state index contributed by atoms with van der Waals surface area (Å²) < 4.78 is 5.43. The number of aromatic nitrogens is 4. The lowest BCUT2D eigenvalue weighted by atomic mass is 10.0. The first kappa shape index (κ1) is 16.7. The third-order valence-corrected chi connectivity index (χ3v) is 4.46. The van der Waals surface area contributed by atoms with Crippen LogP contribution in [0.4, 0.5) is 17.6 Å². The summed E-state index contributed by atoms with van der Waals surface area (Å²) in [5.74, 6) is 2.09. The Morgan fingerprint density at radius 2 is 1.77 bits per heavy atom. The first-order valence-electron chi connectivity index (χ1n) is 8.97. The number of rotatable bonds is 5. The highest BCUT2D eigenvalue weighted by atomic mass is 16.5. The summed E-state index contributed by atoms with van der Waals surface area (Å²) in [5, 5.41) is 6.70. The van der Waals surface area contributed by atoms with Crippen LogP contribution < -0.4 is 10.6 Å². The molecule has 2 aromatic heterocycles. The molecule has 1 aliphatic carbocycles. The number of ether oxygens (including phenoxy) is 1. The summed E-state index contributed by atoms with van der Waals surface area (Å²) in [6, 6.07) is 4.10. The lowest BCUT2D eigenvalue weighted by molar-refractivity contribution is 0.0903. The first-order valence-corrected chi connectivity index (χ1v) is 8.97. The fourth-order valence-corrected chi connectivity index (χ4v) is 3.04. The van der Waals surface area contributed by atoms with Crippen LogP contribution in [0.1, 0.15) is 31.0 Å². The summed E-state index contributed by atoms with van der Waals surface area (Å²) in [6.07, 6.45) is 14.6. The number of pyridine rings is 1. The Kier molecular flexibility index (Phi) is 5.16. The van der Waals surface area contributed by atoms with E-state index >= 15 is 0 Å². The zero-order valence-corrected chi connectivity index (χ0v) is 14.5. The molecule has 0 aromatic carbocycles. The molecule has 1 fully saturated rings. The molecule has 0 amide bonds. The van der Waals surface area contributed by atoms with Crippen LogP contribution in [-0.4, -0.2) is 39.2 Å². The zero-order valence-electron chi connectivity index (χ0n) is 14.5. The second kappa shape index (κ2) is 8.05. The molecular weight excluding hydrogens is 328 g/mol. The van der Waals surface area contributed by atoms with Crippen LogP contribution in [0.3, 0.4) is 0 Å². The molecule has 0 spiro atoms. The first-order chi connectivity index (χ1) is 12.9. The topological polar surface area (TPSA) is 84.9 Å². The van der Waals surface area contributed by atoms with Gasteiger partial charge in [0, 0.05) is 43.3 Å². The van der Waals surface area contributed by atoms with Crippen molar-refractivity contribution in [3.05, 3.63) is 54.7 Å². The van der Waals surface area contributed by atoms with Crippen molar-refractivity contribution in [2.75, 3.05) is 23.8 Å². The number of nitrogens with zero attached hydrogens (tertiary/aromatic N) is 4. The van der Waals surface area contributed by atoms with E-state index in [9.17, 15) is 0 Å². The van der Waals surface area contributed by atoms with Gasteiger partial charge in [0.1, 0.15) is 5.82 Å². The SMILES string of the molecule is C1=CCC(c2nc(Nc3ccncc3)nc(NC3CCOCC3)n2)C=C1. The van der Waals surface area contributed by atoms with Crippen molar-refractivity contribution in [1.82, 2.24) is 19.9 Å². The van der Waals surface area contributed by atoms with Gasteiger partial charge in [-0.3, -0.25) is 4.98 Å². The van der Waals surface area contributed by atoms with E-state index in [2.05, 4.69) is 48.8 Å². The van der Waals surface area contributed by atoms with Crippen LogP contribution in [0, 0.1) is 0 Å². The molecule has 2 aromatic rings. The fraction of sp³-hybridized carbons (Fsp3) is 0.368. The van der Waals surface area contributed by atoms with Gasteiger partial charge in [0.25, 0.3) is 0 Å². The van der Waals surface area contributed by atoms with Gasteiger partial charge in [-0.05, 0) is 31.4 Å². The van der Waals surface area contributed by atoms with Crippen molar-refractivity contribution < 1.29 is 4.74 Å². The normalized spacial score (nSPS) is 20.1. The maximum atomic E-state index is 5.43. The Morgan fingerprint density at radius 1 is 0.962 bits per heavy atom. The Hall–Kier alpha value is -2.80. The molecule has 0 bridgehead atoms. The van der Waals surface area contributed by atoms with E-state index < -0.39 is 0 Å². The van der Waals surface area contributed by atoms with E-state index in [-0.39, 0.29) is 5.92 Å². The monoisotopic (exact) mass is 350 g/mol. The van der Waals surface area contributed by atoms with Gasteiger partial charge in [0.2, 0.25) is 11.9 Å². The van der Waals surface area contributed by atoms with E-state index in [4.69, 9.17) is 4.74 Å². The van der Waals surface area contributed by atoms with Crippen LogP contribution in [0.25, 0.3) is 0 Å². The molecule has 1 saturated heterocycles. The van der Waals surface area contributed by atoms with Gasteiger partial charge in [0.15, 0.2) is 0 Å². The molecule has 2 N–H and O–H groups in total. The fourth-order valence-electron chi connectivity index (χ4n) is 3.04. The molecule has 4 rings (SSSR count). The summed E-state index contributed by atoms with van der Waals surface area (Å²) >= 11 is 0. The van der Waals surface area contributed by atoms with E-state index in [0.717, 1.165) is 44.0 Å². The summed E-state index contributed by atoms with van der Waals surface area (Å²) in [5.41, 5.74) is 0.897. The van der Waals surface area contributed by atoms with E-state index in [1.807, 2.05) is 18.2 Å². The molecule has 0 saturated carbocycles. The minimum absolute atomic E-state index is 0.163. The Balaban J connectivity index is 1.60. The van der Waals surface area contributed by atoms with Gasteiger partial charge < -0.3 is 15.4 Å². The molecular formula is C19H22N6O. The van der Waals surface area contributed by atoms with Crippen LogP contribution >= 0.6 is 0 Å². The highest BCUT2D eigenvalue weighted by Gasteiger charge is 2.19. The number of hydrogen-bond donors (Lipinski definition) is 2. The molecule has 7 heteroatoms. The molecule has 26 heavy (non-hydrogen) atoms. The van der Waals surface area contributed by atoms with Gasteiger partial charge in [-0.25, -0.2) is 0 Å². The minimum Gasteiger partial charge on any atom is -0.381 e. The standard InChI is InChI=1S/C19H22N6O/c1-2-4-14(5-3-1)17-23-18(21-15-6-10-20-11-7-15)25-19(24-17)22-16-8-12-26-13-9-16/h1-4,6-7,10-11,14,16H,5,8-9,12-13H2,(H2,20,21,22,23,24,25). The summed E-state index contributed by atoms with van der Waals surface area (Å²) in [7, 11) is 0. The molecule has 1 aliphatic heterocycles. The van der Waals surface area contributed by atoms with Gasteiger partial charge in [0.05, 0.1) is 0 Å². The van der Waals surface area contributed by atoms with E-state index in [1.165, 1.54) is 0 Å². The highest BCUT2D eigenvalue weighted by Crippen LogP contribution is 2.24. The Morgan fingerprint density at radius 3 is 2.54 bits per heavy atom. The molecule has 1 atom stereocenters. The quantitative estimate of drug-likeness (QED) is 0.856. The number of hydrogen-bond acceptors (Lipinski definition) is 7. The highest BCUT2D eigenvalue weighted by molar-refractivity contribution is 5.53. The third-order valence-electron chi connectivity index (χ3n) is 4.46. The smallest absolute Gasteiger partial charge is 0.232 e. The second-order valence-electron chi connectivity index (χ2n) is 6.39. The number of anilines is 3. The predicted octanol–water partition coefficient (Wildman–Crippen LogP) is 3.20. The van der Waals surface area contributed by atoms with Crippen molar-refractivity contribution >= 4 is 17.6 Å². The van der Waals surface area contributed by atoms with Crippen LogP contribution in [0.5, 0.6) is 0 Å². The molecule has 7 nitrogen and oxygen atoms in total. The number of nitrogens with one attached hydrogen (secondary N) is 2. The van der Waals surface area contributed by atoms with E-state index in [0.29, 0.717) is 17.9 Å². The Bertz CT molecular complexity index is 786. The third kappa shape index (κ3) is 4.23. The lowest BCUT2D eigenvalue weighted by Gasteiger charge is -2.23. The summed E-state index contributed by atoms with van der Waals surface area (Å²) in [4.78, 5) is 17.9. The molecule has 3 heterocycles. The van der Waals surface area contributed by atoms with Crippen molar-refractivity contribution in [2.24, 2.45) is 0 Å². The van der Waals surface area contributed by atoms with Gasteiger partial charge in [-0.15, -0.1) is 0 Å². The largest absolute Gasteiger partial charge is 0.381 e. The lowest BCUT2D eigenvalue weighted by Crippen LogP contribution is -2.29. The minimum atomic E-state index is 0.163. The van der Waals surface area contributed by atoms with Crippen LogP contribution in [-0.2, 0) is 4.74 Å². The van der Waals surface area contributed by atoms with Crippen molar-refractivity contribution in [2.45, 2.75) is 31.2 Å². The van der Waals surface area contributed by atoms with E-state index in [1.54, 1.807) is 12.4 Å². The Labute approximate surface area is 152 Å². The average Bonchev–Trinajstić information content (AvgIpc) is 2.70. The summed E-state index contributed by atoms with van der Waals surface area (Å²) in [6.45, 7) is 1.54. The van der Waals surface area contributed by atoms with Crippen LogP contribution in [0.2, 0.25) is 0 Å². The van der Waals surface area contributed by atoms with Crippen molar-refractivity contribution in [3.8, 4) is 0 Å². The number of allylic oxidation sites excluding steroid dienone is 4. The maximum absolute atomic E-state index is 5.43. The van der Waals surface area contributed by atoms with Gasteiger partial charge >= 0.3 is 0 Å². The van der Waals surface area contributed by atoms with Crippen molar-refractivity contribution in [1.29, 1.82) is 0 Å². The van der Waals surface area contributed by atoms with Gasteiger partial charge in [-0.2, -0.15) is 15.0 Å². The zero-order chi connectivity index (χ0) is 17.6. The molecule has 1 unspecified atom stereocenters. The van der Waals surface area contributed by atoms with Gasteiger partial charge in [-0.1, -0.05) is 24.3 Å². The van der Waals surface area contributed by atoms with Crippen molar-refractivity contribution in [3.63, 3.8) is 0 Å². The molecule has 2 aliphatic rings. The molecule has 134 valence electrons. The predicted molar refractivity (Wildman–Crippen MR) is 100 cm³/mol. The molecule has 0 radical (unpaired) electrons. The second-order valence-corrected chi connectivity index (χ2v) is 6.39. The average molecular weight is 350 g/mol. The maximum Gasteiger partial charge on any atom is 0.232 e. The van der Waals surface area contributed by atoms with Crippen LogP contribution in [0.15, 0.2) is 48.8 Å².